The summed E-state index contributed by atoms with van der Waals surface area (Å²) in [6, 6.07) is 8.79. The zero-order valence-electron chi connectivity index (χ0n) is 17.0. The van der Waals surface area contributed by atoms with Crippen LogP contribution in [0.5, 0.6) is 5.75 Å². The Bertz CT molecular complexity index is 1080. The van der Waals surface area contributed by atoms with Gasteiger partial charge in [-0.2, -0.15) is 0 Å². The molecule has 1 aliphatic heterocycles. The average Bonchev–Trinajstić information content (AvgIpc) is 2.74. The molecular formula is C21H25N3O5S. The molecule has 1 heterocycles. The summed E-state index contributed by atoms with van der Waals surface area (Å²) < 4.78 is 33.8. The number of nitrogens with zero attached hydrogens (tertiary/aromatic N) is 1. The molecule has 3 N–H and O–H groups in total. The summed E-state index contributed by atoms with van der Waals surface area (Å²) in [5.74, 6) is -0.584. The van der Waals surface area contributed by atoms with Gasteiger partial charge in [0.1, 0.15) is 5.75 Å². The standard InChI is InChI=1S/C21H25N3O5S/c1-14-16(20(22)25)7-6-8-18(14)23-30(27,28)15-9-10-19(29-2)17(13-15)21(26)24-11-4-3-5-12-24/h6-10,13,23H,3-5,11-12H2,1-2H3,(H2,22,25). The number of likely N-dealkylation sites (tertiary alicyclic amines) is 1. The van der Waals surface area contributed by atoms with E-state index >= 15 is 0 Å². The lowest BCUT2D eigenvalue weighted by Crippen LogP contribution is -2.35. The zero-order chi connectivity index (χ0) is 21.9. The molecular weight excluding hydrogens is 406 g/mol. The molecule has 3 rings (SSSR count). The molecule has 1 fully saturated rings. The normalized spacial score (nSPS) is 14.3. The number of primary amides is 1. The first-order valence-corrected chi connectivity index (χ1v) is 11.1. The third-order valence-corrected chi connectivity index (χ3v) is 6.56. The molecule has 0 aromatic heterocycles. The number of carbonyl (C=O) groups excluding carboxylic acids is 2. The molecule has 0 bridgehead atoms. The molecule has 2 aromatic carbocycles. The average molecular weight is 432 g/mol. The first-order valence-electron chi connectivity index (χ1n) is 9.64. The van der Waals surface area contributed by atoms with E-state index in [2.05, 4.69) is 4.72 Å². The van der Waals surface area contributed by atoms with Crippen molar-refractivity contribution in [2.24, 2.45) is 5.73 Å². The molecule has 0 saturated carbocycles. The highest BCUT2D eigenvalue weighted by Gasteiger charge is 2.25. The van der Waals surface area contributed by atoms with Gasteiger partial charge in [0, 0.05) is 18.7 Å². The number of amides is 2. The smallest absolute Gasteiger partial charge is 0.261 e. The number of hydrogen-bond acceptors (Lipinski definition) is 5. The van der Waals surface area contributed by atoms with E-state index in [1.54, 1.807) is 24.0 Å². The van der Waals surface area contributed by atoms with Gasteiger partial charge >= 0.3 is 0 Å². The highest BCUT2D eigenvalue weighted by Crippen LogP contribution is 2.27. The van der Waals surface area contributed by atoms with Crippen LogP contribution in [0.3, 0.4) is 0 Å². The quantitative estimate of drug-likeness (QED) is 0.728. The number of nitrogens with one attached hydrogen (secondary N) is 1. The first-order chi connectivity index (χ1) is 14.2. The van der Waals surface area contributed by atoms with Crippen molar-refractivity contribution in [1.29, 1.82) is 0 Å². The van der Waals surface area contributed by atoms with Gasteiger partial charge in [0.05, 0.1) is 23.3 Å². The summed E-state index contributed by atoms with van der Waals surface area (Å²) in [4.78, 5) is 26.1. The molecule has 0 unspecified atom stereocenters. The second-order valence-electron chi connectivity index (χ2n) is 7.16. The van der Waals surface area contributed by atoms with E-state index in [0.29, 0.717) is 24.4 Å². The van der Waals surface area contributed by atoms with Gasteiger partial charge < -0.3 is 15.4 Å². The van der Waals surface area contributed by atoms with Crippen LogP contribution >= 0.6 is 0 Å². The second-order valence-corrected chi connectivity index (χ2v) is 8.85. The molecule has 0 spiro atoms. The predicted octanol–water partition coefficient (Wildman–Crippen LogP) is 2.53. The maximum absolute atomic E-state index is 13.0. The summed E-state index contributed by atoms with van der Waals surface area (Å²) >= 11 is 0. The van der Waals surface area contributed by atoms with Crippen molar-refractivity contribution in [2.45, 2.75) is 31.1 Å². The van der Waals surface area contributed by atoms with Crippen LogP contribution in [0, 0.1) is 6.92 Å². The Balaban J connectivity index is 1.96. The van der Waals surface area contributed by atoms with Gasteiger partial charge in [-0.1, -0.05) is 6.07 Å². The monoisotopic (exact) mass is 431 g/mol. The van der Waals surface area contributed by atoms with Crippen LogP contribution in [-0.2, 0) is 10.0 Å². The summed E-state index contributed by atoms with van der Waals surface area (Å²) in [5, 5.41) is 0. The van der Waals surface area contributed by atoms with Gasteiger partial charge in [-0.25, -0.2) is 8.42 Å². The Morgan fingerprint density at radius 3 is 2.40 bits per heavy atom. The van der Waals surface area contributed by atoms with E-state index in [0.717, 1.165) is 19.3 Å². The summed E-state index contributed by atoms with van der Waals surface area (Å²) in [5.41, 5.74) is 6.43. The number of nitrogens with two attached hydrogens (primary N) is 1. The van der Waals surface area contributed by atoms with Gasteiger partial charge in [-0.05, 0) is 62.1 Å². The van der Waals surface area contributed by atoms with Crippen LogP contribution in [0.15, 0.2) is 41.3 Å². The Morgan fingerprint density at radius 2 is 1.77 bits per heavy atom. The summed E-state index contributed by atoms with van der Waals surface area (Å²) in [6.07, 6.45) is 2.91. The number of sulfonamides is 1. The van der Waals surface area contributed by atoms with Gasteiger partial charge in [-0.3, -0.25) is 14.3 Å². The van der Waals surface area contributed by atoms with Gasteiger partial charge in [-0.15, -0.1) is 0 Å². The van der Waals surface area contributed by atoms with Gasteiger partial charge in [0.25, 0.3) is 15.9 Å². The predicted molar refractivity (Wildman–Crippen MR) is 113 cm³/mol. The molecule has 8 nitrogen and oxygen atoms in total. The number of ether oxygens (including phenoxy) is 1. The maximum atomic E-state index is 13.0. The van der Waals surface area contributed by atoms with E-state index in [1.165, 1.54) is 31.4 Å². The fourth-order valence-electron chi connectivity index (χ4n) is 3.51. The van der Waals surface area contributed by atoms with Crippen LogP contribution in [0.4, 0.5) is 5.69 Å². The number of benzene rings is 2. The molecule has 30 heavy (non-hydrogen) atoms. The summed E-state index contributed by atoms with van der Waals surface area (Å²) in [6.45, 7) is 2.88. The van der Waals surface area contributed by atoms with Gasteiger partial charge in [0.15, 0.2) is 0 Å². The lowest BCUT2D eigenvalue weighted by atomic mass is 10.1. The topological polar surface area (TPSA) is 119 Å². The van der Waals surface area contributed by atoms with Crippen LogP contribution in [-0.4, -0.2) is 45.3 Å². The number of rotatable bonds is 6. The van der Waals surface area contributed by atoms with E-state index in [9.17, 15) is 18.0 Å². The van der Waals surface area contributed by atoms with Crippen LogP contribution in [0.25, 0.3) is 0 Å². The van der Waals surface area contributed by atoms with Crippen molar-refractivity contribution in [2.75, 3.05) is 24.9 Å². The lowest BCUT2D eigenvalue weighted by molar-refractivity contribution is 0.0720. The fourth-order valence-corrected chi connectivity index (χ4v) is 4.65. The van der Waals surface area contributed by atoms with Crippen LogP contribution in [0.1, 0.15) is 45.5 Å². The molecule has 1 saturated heterocycles. The largest absolute Gasteiger partial charge is 0.496 e. The van der Waals surface area contributed by atoms with Crippen molar-refractivity contribution in [3.63, 3.8) is 0 Å². The van der Waals surface area contributed by atoms with Gasteiger partial charge in [0.2, 0.25) is 5.91 Å². The fraction of sp³-hybridized carbons (Fsp3) is 0.333. The Morgan fingerprint density at radius 1 is 1.07 bits per heavy atom. The first kappa shape index (κ1) is 21.6. The minimum absolute atomic E-state index is 0.0764. The minimum Gasteiger partial charge on any atom is -0.496 e. The van der Waals surface area contributed by atoms with Crippen molar-refractivity contribution >= 4 is 27.5 Å². The van der Waals surface area contributed by atoms with Crippen molar-refractivity contribution in [3.8, 4) is 5.75 Å². The van der Waals surface area contributed by atoms with Crippen molar-refractivity contribution in [3.05, 3.63) is 53.1 Å². The van der Waals surface area contributed by atoms with E-state index < -0.39 is 15.9 Å². The molecule has 0 radical (unpaired) electrons. The molecule has 0 atom stereocenters. The van der Waals surface area contributed by atoms with Crippen LogP contribution < -0.4 is 15.2 Å². The van der Waals surface area contributed by atoms with E-state index in [4.69, 9.17) is 10.5 Å². The number of piperidine rings is 1. The number of anilines is 1. The molecule has 160 valence electrons. The third kappa shape index (κ3) is 4.40. The highest BCUT2D eigenvalue weighted by molar-refractivity contribution is 7.92. The van der Waals surface area contributed by atoms with Crippen molar-refractivity contribution < 1.29 is 22.7 Å². The minimum atomic E-state index is -4.02. The molecule has 9 heteroatoms. The Hall–Kier alpha value is -3.07. The lowest BCUT2D eigenvalue weighted by Gasteiger charge is -2.27. The number of carbonyl (C=O) groups is 2. The zero-order valence-corrected chi connectivity index (χ0v) is 17.8. The molecule has 1 aliphatic rings. The Labute approximate surface area is 176 Å². The molecule has 2 amide bonds. The van der Waals surface area contributed by atoms with E-state index in [-0.39, 0.29) is 27.6 Å². The summed E-state index contributed by atoms with van der Waals surface area (Å²) in [7, 11) is -2.58. The Kier molecular flexibility index (Phi) is 6.31. The second kappa shape index (κ2) is 8.74. The third-order valence-electron chi connectivity index (χ3n) is 5.20. The van der Waals surface area contributed by atoms with E-state index in [1.807, 2.05) is 0 Å². The highest BCUT2D eigenvalue weighted by atomic mass is 32.2. The molecule has 2 aromatic rings. The number of hydrogen-bond donors (Lipinski definition) is 2. The maximum Gasteiger partial charge on any atom is 0.261 e. The molecule has 0 aliphatic carbocycles. The SMILES string of the molecule is COc1ccc(S(=O)(=O)Nc2cccc(C(N)=O)c2C)cc1C(=O)N1CCCCC1. The van der Waals surface area contributed by atoms with Crippen molar-refractivity contribution in [1.82, 2.24) is 4.90 Å². The van der Waals surface area contributed by atoms with Crippen LogP contribution in [0.2, 0.25) is 0 Å². The number of methoxy groups -OCH3 is 1.